The van der Waals surface area contributed by atoms with Gasteiger partial charge < -0.3 is 14.3 Å². The molecule has 1 aromatic rings. The van der Waals surface area contributed by atoms with E-state index in [9.17, 15) is 14.7 Å². The van der Waals surface area contributed by atoms with Crippen LogP contribution in [-0.4, -0.2) is 59.6 Å². The predicted molar refractivity (Wildman–Crippen MR) is 156 cm³/mol. The van der Waals surface area contributed by atoms with E-state index >= 15 is 0 Å². The van der Waals surface area contributed by atoms with Gasteiger partial charge in [-0.3, -0.25) is 9.59 Å². The molecule has 1 N–H and O–H groups in total. The second kappa shape index (κ2) is 14.2. The highest BCUT2D eigenvalue weighted by molar-refractivity contribution is 8.19. The van der Waals surface area contributed by atoms with Gasteiger partial charge >= 0.3 is 5.97 Å². The highest BCUT2D eigenvalue weighted by Crippen LogP contribution is 2.49. The molecule has 0 radical (unpaired) electrons. The van der Waals surface area contributed by atoms with Crippen LogP contribution in [0.15, 0.2) is 36.4 Å². The van der Waals surface area contributed by atoms with Crippen LogP contribution >= 0.6 is 23.5 Å². The zero-order valence-corrected chi connectivity index (χ0v) is 25.4. The Morgan fingerprint density at radius 2 is 1.81 bits per heavy atom. The summed E-state index contributed by atoms with van der Waals surface area (Å²) in [7, 11) is -2.13. The zero-order valence-electron chi connectivity index (χ0n) is 22.7. The molecular weight excluding hydrogens is 509 g/mol. The molecule has 1 aliphatic heterocycles. The van der Waals surface area contributed by atoms with Crippen LogP contribution < -0.4 is 0 Å². The quantitative estimate of drug-likeness (QED) is 0.166. The van der Waals surface area contributed by atoms with Crippen molar-refractivity contribution < 1.29 is 23.9 Å². The van der Waals surface area contributed by atoms with E-state index in [0.717, 1.165) is 23.5 Å². The van der Waals surface area contributed by atoms with Crippen molar-refractivity contribution in [3.8, 4) is 0 Å². The Bertz CT molecular complexity index is 860. The highest BCUT2D eigenvalue weighted by Gasteiger charge is 2.42. The fraction of sp³-hybridized carbons (Fsp3) is 0.643. The third-order valence-corrected chi connectivity index (χ3v) is 14.5. The minimum Gasteiger partial charge on any atom is -0.466 e. The van der Waals surface area contributed by atoms with Gasteiger partial charge in [-0.2, -0.15) is 0 Å². The van der Waals surface area contributed by atoms with Crippen LogP contribution in [0, 0.1) is 0 Å². The van der Waals surface area contributed by atoms with E-state index in [4.69, 9.17) is 9.16 Å². The maximum absolute atomic E-state index is 12.4. The highest BCUT2D eigenvalue weighted by atomic mass is 32.2. The number of rotatable bonds is 13. The molecule has 0 unspecified atom stereocenters. The van der Waals surface area contributed by atoms with E-state index in [-0.39, 0.29) is 40.5 Å². The van der Waals surface area contributed by atoms with Crippen molar-refractivity contribution >= 4 is 49.7 Å². The summed E-state index contributed by atoms with van der Waals surface area (Å²) in [6.45, 7) is 13.0. The zero-order chi connectivity index (χ0) is 26.8. The SMILES string of the molecule is CCOC(=O)CC(=O)C[C@H](O)C[C@@H](CC1(/C=C/c2ccccc2)SCCCS1)O[Si](C)(C)C(C)(C)C. The Morgan fingerprint density at radius 1 is 1.17 bits per heavy atom. The van der Waals surface area contributed by atoms with Crippen molar-refractivity contribution in [2.75, 3.05) is 18.1 Å². The first-order chi connectivity index (χ1) is 16.9. The van der Waals surface area contributed by atoms with Crippen molar-refractivity contribution in [2.24, 2.45) is 0 Å². The summed E-state index contributed by atoms with van der Waals surface area (Å²) in [4.78, 5) is 24.1. The third-order valence-electron chi connectivity index (χ3n) is 6.74. The second-order valence-electron chi connectivity index (χ2n) is 10.9. The lowest BCUT2D eigenvalue weighted by Crippen LogP contribution is -2.46. The Hall–Kier alpha value is -1.06. The average Bonchev–Trinajstić information content (AvgIpc) is 2.78. The molecule has 1 saturated heterocycles. The van der Waals surface area contributed by atoms with E-state index in [1.807, 2.05) is 41.7 Å². The molecule has 0 amide bonds. The molecule has 1 fully saturated rings. The van der Waals surface area contributed by atoms with Gasteiger partial charge in [-0.05, 0) is 61.4 Å². The Balaban J connectivity index is 2.22. The summed E-state index contributed by atoms with van der Waals surface area (Å²) < 4.78 is 11.6. The van der Waals surface area contributed by atoms with Crippen molar-refractivity contribution in [3.05, 3.63) is 42.0 Å². The molecule has 0 bridgehead atoms. The van der Waals surface area contributed by atoms with E-state index in [1.54, 1.807) is 6.92 Å². The van der Waals surface area contributed by atoms with Gasteiger partial charge in [0.1, 0.15) is 12.2 Å². The number of benzene rings is 1. The molecule has 2 atom stereocenters. The summed E-state index contributed by atoms with van der Waals surface area (Å²) in [6, 6.07) is 10.3. The number of ether oxygens (including phenoxy) is 1. The molecule has 0 aromatic heterocycles. The van der Waals surface area contributed by atoms with Gasteiger partial charge in [0.2, 0.25) is 0 Å². The molecule has 5 nitrogen and oxygen atoms in total. The van der Waals surface area contributed by atoms with Gasteiger partial charge in [-0.1, -0.05) is 63.3 Å². The predicted octanol–water partition coefficient (Wildman–Crippen LogP) is 6.71. The molecule has 2 rings (SSSR count). The van der Waals surface area contributed by atoms with Gasteiger partial charge in [0.25, 0.3) is 0 Å². The molecule has 1 aliphatic rings. The number of esters is 1. The normalized spacial score (nSPS) is 18.1. The number of carbonyl (C=O) groups is 2. The average molecular weight is 553 g/mol. The Labute approximate surface area is 227 Å². The van der Waals surface area contributed by atoms with Crippen LogP contribution in [0.1, 0.15) is 65.4 Å². The lowest BCUT2D eigenvalue weighted by atomic mass is 10.0. The van der Waals surface area contributed by atoms with Crippen molar-refractivity contribution in [2.45, 2.75) is 94.2 Å². The first kappa shape index (κ1) is 31.2. The number of thioether (sulfide) groups is 2. The molecule has 0 saturated carbocycles. The van der Waals surface area contributed by atoms with Gasteiger partial charge in [0.15, 0.2) is 8.32 Å². The van der Waals surface area contributed by atoms with Crippen LogP contribution in [0.2, 0.25) is 18.1 Å². The monoisotopic (exact) mass is 552 g/mol. The van der Waals surface area contributed by atoms with E-state index < -0.39 is 20.4 Å². The van der Waals surface area contributed by atoms with Crippen LogP contribution in [0.25, 0.3) is 6.08 Å². The van der Waals surface area contributed by atoms with Crippen molar-refractivity contribution in [3.63, 3.8) is 0 Å². The van der Waals surface area contributed by atoms with Crippen molar-refractivity contribution in [1.29, 1.82) is 0 Å². The summed E-state index contributed by atoms with van der Waals surface area (Å²) >= 11 is 3.90. The van der Waals surface area contributed by atoms with Gasteiger partial charge in [-0.25, -0.2) is 0 Å². The standard InChI is InChI=1S/C28H44O5S2Si/c1-7-32-26(31)20-24(30)18-23(29)19-25(33-36(5,6)27(2,3)4)21-28(34-16-11-17-35-28)15-14-22-12-9-8-10-13-22/h8-10,12-15,23,25,29H,7,11,16-21H2,1-6H3/b15-14+/t23-,25-/m0/s1. The molecule has 0 aliphatic carbocycles. The number of ketones is 1. The summed E-state index contributed by atoms with van der Waals surface area (Å²) in [5.41, 5.74) is 1.16. The number of Topliss-reactive ketones (excluding diaryl/α,β-unsaturated/α-hetero) is 1. The maximum atomic E-state index is 12.4. The summed E-state index contributed by atoms with van der Waals surface area (Å²) in [5, 5.41) is 10.9. The van der Waals surface area contributed by atoms with Crippen LogP contribution in [-0.2, 0) is 18.8 Å². The minimum atomic E-state index is -2.13. The molecule has 0 spiro atoms. The molecule has 36 heavy (non-hydrogen) atoms. The van der Waals surface area contributed by atoms with E-state index in [1.165, 1.54) is 6.42 Å². The fourth-order valence-electron chi connectivity index (χ4n) is 3.84. The van der Waals surface area contributed by atoms with E-state index in [0.29, 0.717) is 6.42 Å². The molecule has 1 aromatic carbocycles. The number of carbonyl (C=O) groups excluding carboxylic acids is 2. The van der Waals surface area contributed by atoms with Crippen LogP contribution in [0.3, 0.4) is 0 Å². The lowest BCUT2D eigenvalue weighted by Gasteiger charge is -2.43. The molecule has 202 valence electrons. The first-order valence-corrected chi connectivity index (χ1v) is 17.8. The van der Waals surface area contributed by atoms with Crippen LogP contribution in [0.4, 0.5) is 0 Å². The molecular formula is C28H44O5S2Si. The first-order valence-electron chi connectivity index (χ1n) is 12.9. The van der Waals surface area contributed by atoms with E-state index in [2.05, 4.69) is 58.2 Å². The van der Waals surface area contributed by atoms with Gasteiger partial charge in [-0.15, -0.1) is 23.5 Å². The third kappa shape index (κ3) is 10.4. The van der Waals surface area contributed by atoms with Gasteiger partial charge in [0, 0.05) is 12.5 Å². The van der Waals surface area contributed by atoms with Crippen molar-refractivity contribution in [1.82, 2.24) is 0 Å². The number of aliphatic hydroxyl groups is 1. The van der Waals surface area contributed by atoms with Crippen LogP contribution in [0.5, 0.6) is 0 Å². The summed E-state index contributed by atoms with van der Waals surface area (Å²) in [5.74, 6) is 1.33. The summed E-state index contributed by atoms with van der Waals surface area (Å²) in [6.07, 6.45) is 5.35. The Kier molecular flexibility index (Phi) is 12.3. The molecule has 1 heterocycles. The number of aliphatic hydroxyl groups excluding tert-OH is 1. The number of hydrogen-bond acceptors (Lipinski definition) is 7. The largest absolute Gasteiger partial charge is 0.466 e. The molecule has 8 heteroatoms. The second-order valence-corrected chi connectivity index (χ2v) is 18.8. The lowest BCUT2D eigenvalue weighted by molar-refractivity contribution is -0.145. The minimum absolute atomic E-state index is 0.0236. The fourth-order valence-corrected chi connectivity index (χ4v) is 8.43. The van der Waals surface area contributed by atoms with Gasteiger partial charge in [0.05, 0.1) is 16.8 Å². The Morgan fingerprint density at radius 3 is 2.39 bits per heavy atom. The smallest absolute Gasteiger partial charge is 0.313 e. The topological polar surface area (TPSA) is 72.8 Å². The number of hydrogen-bond donors (Lipinski definition) is 1. The maximum Gasteiger partial charge on any atom is 0.313 e.